The highest BCUT2D eigenvalue weighted by Crippen LogP contribution is 2.23. The lowest BCUT2D eigenvalue weighted by Gasteiger charge is -2.17. The minimum Gasteiger partial charge on any atom is -0.493 e. The summed E-state index contributed by atoms with van der Waals surface area (Å²) in [5, 5.41) is 6.45. The lowest BCUT2D eigenvalue weighted by atomic mass is 10.1. The number of nitrogens with zero attached hydrogens (tertiary/aromatic N) is 1. The van der Waals surface area contributed by atoms with E-state index in [-0.39, 0.29) is 11.8 Å². The van der Waals surface area contributed by atoms with Crippen LogP contribution >= 0.6 is 0 Å². The third-order valence-electron chi connectivity index (χ3n) is 4.24. The molecule has 0 saturated carbocycles. The Kier molecular flexibility index (Phi) is 9.63. The summed E-state index contributed by atoms with van der Waals surface area (Å²) >= 11 is 0. The van der Waals surface area contributed by atoms with E-state index in [1.165, 1.54) is 22.9 Å². The first-order chi connectivity index (χ1) is 12.6. The van der Waals surface area contributed by atoms with Crippen molar-refractivity contribution in [3.05, 3.63) is 28.8 Å². The van der Waals surface area contributed by atoms with Gasteiger partial charge in [-0.05, 0) is 63.8 Å². The standard InChI is InChI=1S/C20H35N3O3S/c1-7-21-20(23-17(4)9-12-27(6,24)25)22-10-8-11-26-19-14-15(2)13-16(3)18(19)5/h13-14,17H,7-12H2,1-6H3,(H2,21,22,23). The molecule has 2 N–H and O–H groups in total. The summed E-state index contributed by atoms with van der Waals surface area (Å²) in [7, 11) is -2.94. The zero-order valence-corrected chi connectivity index (χ0v) is 18.4. The molecule has 0 fully saturated rings. The van der Waals surface area contributed by atoms with Crippen molar-refractivity contribution in [2.24, 2.45) is 4.99 Å². The molecule has 1 unspecified atom stereocenters. The van der Waals surface area contributed by atoms with E-state index in [1.54, 1.807) is 0 Å². The maximum absolute atomic E-state index is 11.3. The summed E-state index contributed by atoms with van der Waals surface area (Å²) in [6.45, 7) is 12.2. The van der Waals surface area contributed by atoms with Crippen LogP contribution in [0.3, 0.4) is 0 Å². The normalized spacial score (nSPS) is 13.3. The topological polar surface area (TPSA) is 79.8 Å². The maximum Gasteiger partial charge on any atom is 0.191 e. The molecule has 0 saturated heterocycles. The van der Waals surface area contributed by atoms with E-state index in [1.807, 2.05) is 13.8 Å². The molecule has 0 aliphatic heterocycles. The molecule has 6 nitrogen and oxygen atoms in total. The Bertz CT molecular complexity index is 730. The van der Waals surface area contributed by atoms with Gasteiger partial charge in [0, 0.05) is 31.8 Å². The summed E-state index contributed by atoms with van der Waals surface area (Å²) in [4.78, 5) is 4.55. The van der Waals surface area contributed by atoms with Crippen LogP contribution < -0.4 is 15.4 Å². The van der Waals surface area contributed by atoms with Gasteiger partial charge in [-0.3, -0.25) is 4.99 Å². The number of nitrogens with one attached hydrogen (secondary N) is 2. The Hall–Kier alpha value is -1.76. The summed E-state index contributed by atoms with van der Waals surface area (Å²) in [5.74, 6) is 1.82. The highest BCUT2D eigenvalue weighted by Gasteiger charge is 2.09. The van der Waals surface area contributed by atoms with Gasteiger partial charge in [-0.25, -0.2) is 8.42 Å². The van der Waals surface area contributed by atoms with Crippen molar-refractivity contribution in [2.45, 2.75) is 53.5 Å². The Morgan fingerprint density at radius 3 is 2.59 bits per heavy atom. The van der Waals surface area contributed by atoms with Gasteiger partial charge >= 0.3 is 0 Å². The number of rotatable bonds is 10. The minimum atomic E-state index is -2.94. The molecule has 0 aromatic heterocycles. The predicted molar refractivity (Wildman–Crippen MR) is 114 cm³/mol. The number of aryl methyl sites for hydroxylation is 2. The number of aliphatic imine (C=N–C) groups is 1. The van der Waals surface area contributed by atoms with Crippen LogP contribution in [0.4, 0.5) is 0 Å². The second-order valence-corrected chi connectivity index (χ2v) is 9.39. The number of ether oxygens (including phenoxy) is 1. The average molecular weight is 398 g/mol. The van der Waals surface area contributed by atoms with E-state index in [4.69, 9.17) is 4.74 Å². The van der Waals surface area contributed by atoms with E-state index in [2.05, 4.69) is 48.5 Å². The fraction of sp³-hybridized carbons (Fsp3) is 0.650. The Balaban J connectivity index is 2.47. The smallest absolute Gasteiger partial charge is 0.191 e. The van der Waals surface area contributed by atoms with Crippen LogP contribution in [0.2, 0.25) is 0 Å². The van der Waals surface area contributed by atoms with Gasteiger partial charge in [0.1, 0.15) is 15.6 Å². The molecule has 1 rings (SSSR count). The van der Waals surface area contributed by atoms with Gasteiger partial charge in [0.05, 0.1) is 12.4 Å². The third kappa shape index (κ3) is 9.65. The first-order valence-electron chi connectivity index (χ1n) is 9.55. The third-order valence-corrected chi connectivity index (χ3v) is 5.22. The van der Waals surface area contributed by atoms with E-state index in [0.717, 1.165) is 18.7 Å². The largest absolute Gasteiger partial charge is 0.493 e. The van der Waals surface area contributed by atoms with Crippen molar-refractivity contribution >= 4 is 15.8 Å². The van der Waals surface area contributed by atoms with Gasteiger partial charge in [0.25, 0.3) is 0 Å². The average Bonchev–Trinajstić information content (AvgIpc) is 2.56. The Labute approximate surface area is 164 Å². The van der Waals surface area contributed by atoms with E-state index < -0.39 is 9.84 Å². The van der Waals surface area contributed by atoms with Crippen molar-refractivity contribution in [3.8, 4) is 5.75 Å². The molecule has 27 heavy (non-hydrogen) atoms. The first kappa shape index (κ1) is 23.3. The number of guanidine groups is 1. The summed E-state index contributed by atoms with van der Waals surface area (Å²) in [6.07, 6.45) is 2.62. The summed E-state index contributed by atoms with van der Waals surface area (Å²) in [6, 6.07) is 4.26. The molecule has 0 spiro atoms. The molecule has 1 atom stereocenters. The van der Waals surface area contributed by atoms with Gasteiger partial charge in [-0.1, -0.05) is 6.07 Å². The first-order valence-corrected chi connectivity index (χ1v) is 11.6. The molecule has 0 heterocycles. The predicted octanol–water partition coefficient (Wildman–Crippen LogP) is 2.76. The van der Waals surface area contributed by atoms with Crippen molar-refractivity contribution in [2.75, 3.05) is 31.7 Å². The van der Waals surface area contributed by atoms with Crippen molar-refractivity contribution < 1.29 is 13.2 Å². The highest BCUT2D eigenvalue weighted by molar-refractivity contribution is 7.90. The van der Waals surface area contributed by atoms with Crippen LogP contribution in [0.5, 0.6) is 5.75 Å². The van der Waals surface area contributed by atoms with Crippen molar-refractivity contribution in [1.29, 1.82) is 0 Å². The molecular weight excluding hydrogens is 362 g/mol. The molecule has 0 amide bonds. The zero-order valence-electron chi connectivity index (χ0n) is 17.6. The highest BCUT2D eigenvalue weighted by atomic mass is 32.2. The van der Waals surface area contributed by atoms with Gasteiger partial charge in [0.15, 0.2) is 5.96 Å². The Morgan fingerprint density at radius 1 is 1.26 bits per heavy atom. The number of benzene rings is 1. The molecule has 7 heteroatoms. The van der Waals surface area contributed by atoms with Gasteiger partial charge in [-0.15, -0.1) is 0 Å². The maximum atomic E-state index is 11.3. The molecule has 1 aromatic rings. The molecule has 0 aliphatic carbocycles. The van der Waals surface area contributed by atoms with Crippen LogP contribution in [-0.2, 0) is 9.84 Å². The monoisotopic (exact) mass is 397 g/mol. The zero-order chi connectivity index (χ0) is 20.4. The van der Waals surface area contributed by atoms with Crippen molar-refractivity contribution in [1.82, 2.24) is 10.6 Å². The second-order valence-electron chi connectivity index (χ2n) is 7.13. The lowest BCUT2D eigenvalue weighted by Crippen LogP contribution is -2.43. The van der Waals surface area contributed by atoms with Crippen LogP contribution in [0.1, 0.15) is 43.4 Å². The fourth-order valence-corrected chi connectivity index (χ4v) is 3.39. The quantitative estimate of drug-likeness (QED) is 0.360. The van der Waals surface area contributed by atoms with E-state index in [0.29, 0.717) is 25.5 Å². The number of hydrogen-bond acceptors (Lipinski definition) is 4. The Morgan fingerprint density at radius 2 is 1.96 bits per heavy atom. The molecule has 0 bridgehead atoms. The molecule has 1 aromatic carbocycles. The SMILES string of the molecule is CCNC(=NCCCOc1cc(C)cc(C)c1C)NC(C)CCS(C)(=O)=O. The van der Waals surface area contributed by atoms with E-state index >= 15 is 0 Å². The number of sulfone groups is 1. The van der Waals surface area contributed by atoms with Crippen LogP contribution in [0.25, 0.3) is 0 Å². The molecule has 0 aliphatic rings. The fourth-order valence-electron chi connectivity index (χ4n) is 2.60. The minimum absolute atomic E-state index is 0.0340. The second kappa shape index (κ2) is 11.2. The van der Waals surface area contributed by atoms with E-state index in [9.17, 15) is 8.42 Å². The number of hydrogen-bond donors (Lipinski definition) is 2. The summed E-state index contributed by atoms with van der Waals surface area (Å²) < 4.78 is 28.5. The van der Waals surface area contributed by atoms with Crippen LogP contribution in [0, 0.1) is 20.8 Å². The van der Waals surface area contributed by atoms with Gasteiger partial charge < -0.3 is 15.4 Å². The molecule has 0 radical (unpaired) electrons. The lowest BCUT2D eigenvalue weighted by molar-refractivity contribution is 0.311. The summed E-state index contributed by atoms with van der Waals surface area (Å²) in [5.41, 5.74) is 3.62. The van der Waals surface area contributed by atoms with Crippen molar-refractivity contribution in [3.63, 3.8) is 0 Å². The molecular formula is C20H35N3O3S. The van der Waals surface area contributed by atoms with Gasteiger partial charge in [0.2, 0.25) is 0 Å². The van der Waals surface area contributed by atoms with Crippen LogP contribution in [0.15, 0.2) is 17.1 Å². The molecule has 154 valence electrons. The van der Waals surface area contributed by atoms with Gasteiger partial charge in [-0.2, -0.15) is 0 Å². The van der Waals surface area contributed by atoms with Crippen LogP contribution in [-0.4, -0.2) is 52.1 Å².